The summed E-state index contributed by atoms with van der Waals surface area (Å²) in [5.41, 5.74) is 3.12. The van der Waals surface area contributed by atoms with Crippen molar-refractivity contribution in [1.29, 1.82) is 0 Å². The van der Waals surface area contributed by atoms with Gasteiger partial charge in [-0.3, -0.25) is 19.1 Å². The molecular formula is C33H40N8O4. The Morgan fingerprint density at radius 1 is 1.00 bits per heavy atom. The van der Waals surface area contributed by atoms with E-state index in [2.05, 4.69) is 15.7 Å². The second-order valence-corrected chi connectivity index (χ2v) is 11.5. The zero-order valence-electron chi connectivity index (χ0n) is 26.2. The Hall–Kier alpha value is -5.00. The first-order valence-electron chi connectivity index (χ1n) is 15.3. The van der Waals surface area contributed by atoms with Gasteiger partial charge in [-0.1, -0.05) is 50.2 Å². The molecule has 2 aromatic carbocycles. The number of ether oxygens (including phenoxy) is 1. The van der Waals surface area contributed by atoms with Gasteiger partial charge >= 0.3 is 0 Å². The molecule has 1 aliphatic heterocycles. The number of nitrogens with one attached hydrogen (secondary N) is 2. The number of carbonyl (C=O) groups excluding carboxylic acids is 3. The van der Waals surface area contributed by atoms with Crippen LogP contribution in [0.4, 0.5) is 0 Å². The van der Waals surface area contributed by atoms with Crippen molar-refractivity contribution in [2.45, 2.75) is 53.2 Å². The maximum Gasteiger partial charge on any atom is 0.251 e. The van der Waals surface area contributed by atoms with Crippen molar-refractivity contribution in [3.63, 3.8) is 0 Å². The lowest BCUT2D eigenvalue weighted by atomic mass is 10.0. The fourth-order valence-corrected chi connectivity index (χ4v) is 5.32. The van der Waals surface area contributed by atoms with Crippen molar-refractivity contribution in [3.05, 3.63) is 83.4 Å². The van der Waals surface area contributed by atoms with Gasteiger partial charge in [-0.15, -0.1) is 0 Å². The van der Waals surface area contributed by atoms with Crippen LogP contribution in [0, 0.1) is 19.8 Å². The number of aromatic nitrogens is 5. The third-order valence-corrected chi connectivity index (χ3v) is 7.66. The van der Waals surface area contributed by atoms with Crippen molar-refractivity contribution < 1.29 is 19.1 Å². The lowest BCUT2D eigenvalue weighted by molar-refractivity contribution is -0.136. The zero-order valence-corrected chi connectivity index (χ0v) is 26.2. The van der Waals surface area contributed by atoms with Gasteiger partial charge in [0.05, 0.1) is 24.8 Å². The van der Waals surface area contributed by atoms with Gasteiger partial charge in [-0.05, 0) is 44.0 Å². The lowest BCUT2D eigenvalue weighted by Gasteiger charge is -2.26. The molecular weight excluding hydrogens is 572 g/mol. The second-order valence-electron chi connectivity index (χ2n) is 11.5. The van der Waals surface area contributed by atoms with Crippen LogP contribution in [0.1, 0.15) is 53.9 Å². The molecule has 1 aliphatic rings. The highest BCUT2D eigenvalue weighted by Gasteiger charge is 2.27. The molecule has 0 saturated carbocycles. The number of aryl methyl sites for hydroxylation is 3. The van der Waals surface area contributed by atoms with E-state index in [-0.39, 0.29) is 56.3 Å². The summed E-state index contributed by atoms with van der Waals surface area (Å²) < 4.78 is 9.57. The summed E-state index contributed by atoms with van der Waals surface area (Å²) in [6, 6.07) is 18.1. The van der Waals surface area contributed by atoms with E-state index in [9.17, 15) is 14.4 Å². The third kappa shape index (κ3) is 7.94. The van der Waals surface area contributed by atoms with Crippen LogP contribution in [0.25, 0.3) is 11.4 Å². The fraction of sp³-hybridized carbons (Fsp3) is 0.394. The number of hydrogen-bond donors (Lipinski definition) is 2. The number of rotatable bonds is 5. The molecule has 2 aromatic heterocycles. The van der Waals surface area contributed by atoms with E-state index in [1.165, 1.54) is 4.90 Å². The van der Waals surface area contributed by atoms with Crippen molar-refractivity contribution in [2.75, 3.05) is 26.2 Å². The SMILES string of the molecule is Cc1cc(C)n(CCC(=O)N2CCNC(=O)c3cccc(c3)OCCn3nc(-c4ccccc4)nc3[C@H](C(C)C)NC(=O)C2)n1. The van der Waals surface area contributed by atoms with Crippen LogP contribution in [0.5, 0.6) is 5.75 Å². The topological polar surface area (TPSA) is 136 Å². The Morgan fingerprint density at radius 2 is 1.78 bits per heavy atom. The highest BCUT2D eigenvalue weighted by Crippen LogP contribution is 2.24. The number of hydrogen-bond acceptors (Lipinski definition) is 7. The Kier molecular flexibility index (Phi) is 9.91. The van der Waals surface area contributed by atoms with Crippen molar-refractivity contribution >= 4 is 17.7 Å². The average molecular weight is 613 g/mol. The summed E-state index contributed by atoms with van der Waals surface area (Å²) in [6.45, 7) is 9.03. The summed E-state index contributed by atoms with van der Waals surface area (Å²) in [7, 11) is 0. The number of nitrogens with zero attached hydrogens (tertiary/aromatic N) is 6. The van der Waals surface area contributed by atoms with E-state index in [4.69, 9.17) is 14.8 Å². The minimum atomic E-state index is -0.479. The summed E-state index contributed by atoms with van der Waals surface area (Å²) in [4.78, 5) is 46.4. The smallest absolute Gasteiger partial charge is 0.251 e. The van der Waals surface area contributed by atoms with E-state index in [1.54, 1.807) is 33.6 Å². The summed E-state index contributed by atoms with van der Waals surface area (Å²) in [6.07, 6.45) is 0.158. The molecule has 0 unspecified atom stereocenters. The van der Waals surface area contributed by atoms with Crippen LogP contribution >= 0.6 is 0 Å². The molecule has 2 N–H and O–H groups in total. The van der Waals surface area contributed by atoms with Crippen LogP contribution in [-0.4, -0.2) is 73.4 Å². The van der Waals surface area contributed by atoms with Gasteiger partial charge < -0.3 is 20.3 Å². The molecule has 0 aliphatic carbocycles. The van der Waals surface area contributed by atoms with Crippen LogP contribution in [0.2, 0.25) is 0 Å². The third-order valence-electron chi connectivity index (χ3n) is 7.66. The predicted octanol–water partition coefficient (Wildman–Crippen LogP) is 3.31. The van der Waals surface area contributed by atoms with Gasteiger partial charge in [-0.25, -0.2) is 9.67 Å². The Bertz CT molecular complexity index is 1650. The molecule has 12 heteroatoms. The van der Waals surface area contributed by atoms with Crippen LogP contribution < -0.4 is 15.4 Å². The lowest BCUT2D eigenvalue weighted by Crippen LogP contribution is -2.46. The quantitative estimate of drug-likeness (QED) is 0.353. The van der Waals surface area contributed by atoms with E-state index in [0.29, 0.717) is 36.1 Å². The molecule has 45 heavy (non-hydrogen) atoms. The van der Waals surface area contributed by atoms with E-state index < -0.39 is 6.04 Å². The standard InChI is InChI=1S/C33H40N8O4/c1-22(2)30-32-36-31(25-9-6-5-7-10-25)38-41(32)17-18-45-27-12-8-11-26(20-27)33(44)34-14-16-39(21-28(42)35-30)29(43)13-15-40-24(4)19-23(3)37-40/h5-12,19-20,22,30H,13-18,21H2,1-4H3,(H,34,44)(H,35,42)/t30-/m0/s1. The molecule has 236 valence electrons. The zero-order chi connectivity index (χ0) is 31.9. The summed E-state index contributed by atoms with van der Waals surface area (Å²) in [5, 5.41) is 15.2. The van der Waals surface area contributed by atoms with E-state index in [1.807, 2.05) is 64.1 Å². The van der Waals surface area contributed by atoms with E-state index in [0.717, 1.165) is 17.0 Å². The molecule has 3 heterocycles. The van der Waals surface area contributed by atoms with Crippen LogP contribution in [-0.2, 0) is 22.7 Å². The van der Waals surface area contributed by atoms with Crippen molar-refractivity contribution in [2.24, 2.45) is 5.92 Å². The predicted molar refractivity (Wildman–Crippen MR) is 168 cm³/mol. The minimum absolute atomic E-state index is 0.0327. The van der Waals surface area contributed by atoms with Gasteiger partial charge in [-0.2, -0.15) is 10.2 Å². The van der Waals surface area contributed by atoms with Crippen LogP contribution in [0.3, 0.4) is 0 Å². The average Bonchev–Trinajstić information content (AvgIpc) is 3.59. The number of benzene rings is 2. The first-order chi connectivity index (χ1) is 21.7. The summed E-state index contributed by atoms with van der Waals surface area (Å²) in [5.74, 6) is 0.813. The highest BCUT2D eigenvalue weighted by atomic mass is 16.5. The molecule has 3 amide bonds. The fourth-order valence-electron chi connectivity index (χ4n) is 5.32. The molecule has 0 fully saturated rings. The first kappa shape index (κ1) is 31.4. The molecule has 0 saturated heterocycles. The molecule has 12 nitrogen and oxygen atoms in total. The normalized spacial score (nSPS) is 16.4. The molecule has 0 radical (unpaired) electrons. The molecule has 5 rings (SSSR count). The van der Waals surface area contributed by atoms with Gasteiger partial charge in [0.25, 0.3) is 5.91 Å². The molecule has 1 atom stereocenters. The second kappa shape index (κ2) is 14.2. The van der Waals surface area contributed by atoms with Gasteiger partial charge in [0.2, 0.25) is 11.8 Å². The Morgan fingerprint density at radius 3 is 2.51 bits per heavy atom. The minimum Gasteiger partial charge on any atom is -0.492 e. The highest BCUT2D eigenvalue weighted by molar-refractivity contribution is 5.94. The Balaban J connectivity index is 1.44. The van der Waals surface area contributed by atoms with E-state index >= 15 is 0 Å². The number of carbonyl (C=O) groups is 3. The van der Waals surface area contributed by atoms with Crippen molar-refractivity contribution in [3.8, 4) is 17.1 Å². The van der Waals surface area contributed by atoms with Gasteiger partial charge in [0.1, 0.15) is 12.4 Å². The van der Waals surface area contributed by atoms with Crippen LogP contribution in [0.15, 0.2) is 60.7 Å². The largest absolute Gasteiger partial charge is 0.492 e. The maximum absolute atomic E-state index is 13.6. The van der Waals surface area contributed by atoms with Gasteiger partial charge in [0, 0.05) is 42.9 Å². The Labute approximate surface area is 262 Å². The number of fused-ring (bicyclic) bond motifs is 3. The molecule has 2 bridgehead atoms. The molecule has 4 aromatic rings. The van der Waals surface area contributed by atoms with Crippen molar-refractivity contribution in [1.82, 2.24) is 40.1 Å². The first-order valence-corrected chi connectivity index (χ1v) is 15.3. The number of amides is 3. The molecule has 0 spiro atoms. The summed E-state index contributed by atoms with van der Waals surface area (Å²) >= 11 is 0. The monoisotopic (exact) mass is 612 g/mol. The van der Waals surface area contributed by atoms with Gasteiger partial charge in [0.15, 0.2) is 11.6 Å². The maximum atomic E-state index is 13.6.